The SMILES string of the molecule is Cc1cc(C=O)cc(C)c1N1CCN(C(=O)COc2cccc3ccccc23)CC1. The number of rotatable bonds is 5. The number of carbonyl (C=O) groups is 2. The van der Waals surface area contributed by atoms with E-state index in [0.29, 0.717) is 18.7 Å². The van der Waals surface area contributed by atoms with Crippen molar-refractivity contribution in [2.24, 2.45) is 0 Å². The summed E-state index contributed by atoms with van der Waals surface area (Å²) in [6, 6.07) is 17.7. The van der Waals surface area contributed by atoms with Crippen molar-refractivity contribution in [1.29, 1.82) is 0 Å². The molecule has 5 heteroatoms. The Bertz CT molecular complexity index is 1060. The zero-order valence-electron chi connectivity index (χ0n) is 17.4. The number of ether oxygens (including phenoxy) is 1. The monoisotopic (exact) mass is 402 g/mol. The summed E-state index contributed by atoms with van der Waals surface area (Å²) < 4.78 is 5.87. The molecular formula is C25H26N2O3. The Hall–Kier alpha value is -3.34. The lowest BCUT2D eigenvalue weighted by Crippen LogP contribution is -2.50. The predicted molar refractivity (Wildman–Crippen MR) is 120 cm³/mol. The summed E-state index contributed by atoms with van der Waals surface area (Å²) in [6.45, 7) is 6.96. The van der Waals surface area contributed by atoms with E-state index in [1.165, 1.54) is 5.69 Å². The third kappa shape index (κ3) is 4.01. The van der Waals surface area contributed by atoms with Crippen molar-refractivity contribution in [2.75, 3.05) is 37.7 Å². The summed E-state index contributed by atoms with van der Waals surface area (Å²) in [6.07, 6.45) is 0.885. The van der Waals surface area contributed by atoms with Gasteiger partial charge in [0.15, 0.2) is 6.61 Å². The predicted octanol–water partition coefficient (Wildman–Crippen LogP) is 4.00. The highest BCUT2D eigenvalue weighted by molar-refractivity contribution is 5.88. The van der Waals surface area contributed by atoms with E-state index in [9.17, 15) is 9.59 Å². The van der Waals surface area contributed by atoms with Gasteiger partial charge in [-0.2, -0.15) is 0 Å². The quantitative estimate of drug-likeness (QED) is 0.606. The van der Waals surface area contributed by atoms with Crippen molar-refractivity contribution in [3.63, 3.8) is 0 Å². The highest BCUT2D eigenvalue weighted by Gasteiger charge is 2.23. The minimum Gasteiger partial charge on any atom is -0.483 e. The van der Waals surface area contributed by atoms with Crippen LogP contribution in [0, 0.1) is 13.8 Å². The van der Waals surface area contributed by atoms with Crippen molar-refractivity contribution >= 4 is 28.7 Å². The summed E-state index contributed by atoms with van der Waals surface area (Å²) in [4.78, 5) is 28.0. The largest absolute Gasteiger partial charge is 0.483 e. The molecule has 30 heavy (non-hydrogen) atoms. The van der Waals surface area contributed by atoms with Gasteiger partial charge in [0.2, 0.25) is 0 Å². The first-order chi connectivity index (χ1) is 14.6. The number of piperazine rings is 1. The highest BCUT2D eigenvalue weighted by Crippen LogP contribution is 2.28. The Morgan fingerprint density at radius 3 is 2.33 bits per heavy atom. The van der Waals surface area contributed by atoms with Crippen LogP contribution in [0.15, 0.2) is 54.6 Å². The van der Waals surface area contributed by atoms with E-state index in [1.807, 2.05) is 73.3 Å². The molecule has 3 aromatic carbocycles. The van der Waals surface area contributed by atoms with Gasteiger partial charge in [-0.05, 0) is 48.6 Å². The summed E-state index contributed by atoms with van der Waals surface area (Å²) in [5.74, 6) is 0.744. The Labute approximate surface area is 176 Å². The molecule has 3 aromatic rings. The minimum atomic E-state index is 0.00679. The number of amides is 1. The number of hydrogen-bond acceptors (Lipinski definition) is 4. The molecule has 0 aromatic heterocycles. The van der Waals surface area contributed by atoms with Crippen molar-refractivity contribution < 1.29 is 14.3 Å². The van der Waals surface area contributed by atoms with Crippen LogP contribution in [-0.2, 0) is 4.79 Å². The molecule has 0 spiro atoms. The molecule has 0 N–H and O–H groups in total. The van der Waals surface area contributed by atoms with Gasteiger partial charge in [-0.25, -0.2) is 0 Å². The molecular weight excluding hydrogens is 376 g/mol. The second-order valence-electron chi connectivity index (χ2n) is 7.75. The molecule has 5 nitrogen and oxygen atoms in total. The van der Waals surface area contributed by atoms with E-state index in [0.717, 1.165) is 47.0 Å². The molecule has 4 rings (SSSR count). The van der Waals surface area contributed by atoms with Crippen molar-refractivity contribution in [3.05, 3.63) is 71.3 Å². The lowest BCUT2D eigenvalue weighted by atomic mass is 10.0. The van der Waals surface area contributed by atoms with Crippen molar-refractivity contribution in [3.8, 4) is 5.75 Å². The van der Waals surface area contributed by atoms with Gasteiger partial charge in [-0.1, -0.05) is 36.4 Å². The molecule has 154 valence electrons. The van der Waals surface area contributed by atoms with Crippen LogP contribution in [0.1, 0.15) is 21.5 Å². The normalized spacial score (nSPS) is 14.1. The number of nitrogens with zero attached hydrogens (tertiary/aromatic N) is 2. The van der Waals surface area contributed by atoms with Crippen LogP contribution >= 0.6 is 0 Å². The number of fused-ring (bicyclic) bond motifs is 1. The molecule has 0 saturated carbocycles. The first kappa shape index (κ1) is 20.0. The first-order valence-corrected chi connectivity index (χ1v) is 10.3. The third-order valence-electron chi connectivity index (χ3n) is 5.70. The second-order valence-corrected chi connectivity index (χ2v) is 7.75. The van der Waals surface area contributed by atoms with Crippen molar-refractivity contribution in [1.82, 2.24) is 4.90 Å². The topological polar surface area (TPSA) is 49.9 Å². The maximum atomic E-state index is 12.7. The molecule has 1 saturated heterocycles. The van der Waals surface area contributed by atoms with E-state index in [1.54, 1.807) is 0 Å². The number of benzene rings is 3. The lowest BCUT2D eigenvalue weighted by Gasteiger charge is -2.37. The Morgan fingerprint density at radius 1 is 0.967 bits per heavy atom. The van der Waals surface area contributed by atoms with Gasteiger partial charge in [-0.3, -0.25) is 9.59 Å². The summed E-state index contributed by atoms with van der Waals surface area (Å²) in [5, 5.41) is 2.12. The third-order valence-corrected chi connectivity index (χ3v) is 5.70. The van der Waals surface area contributed by atoms with E-state index < -0.39 is 0 Å². The fourth-order valence-electron chi connectivity index (χ4n) is 4.29. The number of hydrogen-bond donors (Lipinski definition) is 0. The summed E-state index contributed by atoms with van der Waals surface area (Å²) in [7, 11) is 0. The molecule has 0 unspecified atom stereocenters. The molecule has 0 aliphatic carbocycles. The van der Waals surface area contributed by atoms with Crippen LogP contribution in [0.2, 0.25) is 0 Å². The standard InChI is InChI=1S/C25H26N2O3/c1-18-14-20(16-28)15-19(2)25(18)27-12-10-26(11-13-27)24(29)17-30-23-9-5-7-21-6-3-4-8-22(21)23/h3-9,14-16H,10-13,17H2,1-2H3. The van der Waals surface area contributed by atoms with Crippen LogP contribution in [0.5, 0.6) is 5.75 Å². The van der Waals surface area contributed by atoms with Gasteiger partial charge in [0.05, 0.1) is 0 Å². The van der Waals surface area contributed by atoms with E-state index in [2.05, 4.69) is 4.90 Å². The molecule has 1 aliphatic heterocycles. The summed E-state index contributed by atoms with van der Waals surface area (Å²) in [5.41, 5.74) is 4.06. The number of carbonyl (C=O) groups excluding carboxylic acids is 2. The minimum absolute atomic E-state index is 0.00679. The zero-order valence-corrected chi connectivity index (χ0v) is 17.4. The Morgan fingerprint density at radius 2 is 1.63 bits per heavy atom. The number of anilines is 1. The fraction of sp³-hybridized carbons (Fsp3) is 0.280. The molecule has 0 atom stereocenters. The lowest BCUT2D eigenvalue weighted by molar-refractivity contribution is -0.133. The second kappa shape index (κ2) is 8.57. The molecule has 0 radical (unpaired) electrons. The van der Waals surface area contributed by atoms with Crippen LogP contribution in [-0.4, -0.2) is 49.9 Å². The molecule has 1 aliphatic rings. The first-order valence-electron chi connectivity index (χ1n) is 10.3. The van der Waals surface area contributed by atoms with Crippen LogP contribution in [0.25, 0.3) is 10.8 Å². The van der Waals surface area contributed by atoms with Gasteiger partial charge in [0.1, 0.15) is 12.0 Å². The van der Waals surface area contributed by atoms with E-state index >= 15 is 0 Å². The Kier molecular flexibility index (Phi) is 5.70. The Balaban J connectivity index is 1.37. The van der Waals surface area contributed by atoms with Crippen LogP contribution in [0.3, 0.4) is 0 Å². The number of aryl methyl sites for hydroxylation is 2. The molecule has 1 fully saturated rings. The van der Waals surface area contributed by atoms with Crippen LogP contribution < -0.4 is 9.64 Å². The average molecular weight is 402 g/mol. The molecule has 0 bridgehead atoms. The molecule has 1 amide bonds. The zero-order chi connectivity index (χ0) is 21.1. The maximum absolute atomic E-state index is 12.7. The summed E-state index contributed by atoms with van der Waals surface area (Å²) >= 11 is 0. The van der Waals surface area contributed by atoms with Gasteiger partial charge in [0.25, 0.3) is 5.91 Å². The van der Waals surface area contributed by atoms with Crippen molar-refractivity contribution in [2.45, 2.75) is 13.8 Å². The van der Waals surface area contributed by atoms with Gasteiger partial charge in [0, 0.05) is 42.8 Å². The van der Waals surface area contributed by atoms with Gasteiger partial charge >= 0.3 is 0 Å². The average Bonchev–Trinajstić information content (AvgIpc) is 2.77. The van der Waals surface area contributed by atoms with Gasteiger partial charge in [-0.15, -0.1) is 0 Å². The molecule has 1 heterocycles. The van der Waals surface area contributed by atoms with Crippen LogP contribution in [0.4, 0.5) is 5.69 Å². The smallest absolute Gasteiger partial charge is 0.260 e. The fourth-order valence-corrected chi connectivity index (χ4v) is 4.29. The van der Waals surface area contributed by atoms with Gasteiger partial charge < -0.3 is 14.5 Å². The number of aldehydes is 1. The van der Waals surface area contributed by atoms with E-state index in [4.69, 9.17) is 4.74 Å². The maximum Gasteiger partial charge on any atom is 0.260 e. The van der Waals surface area contributed by atoms with E-state index in [-0.39, 0.29) is 12.5 Å². The highest BCUT2D eigenvalue weighted by atomic mass is 16.5.